The van der Waals surface area contributed by atoms with Crippen LogP contribution in [-0.2, 0) is 6.54 Å². The maximum Gasteiger partial charge on any atom is 0.250 e. The third-order valence-electron chi connectivity index (χ3n) is 2.75. The van der Waals surface area contributed by atoms with Crippen LogP contribution in [0, 0.1) is 0 Å². The molecule has 0 aliphatic heterocycles. The standard InChI is InChI=1S/C14H15F2NOS/c1-18-13-5-3-2-4-11(13)12-9-19-8-10(12)6-17-7-14(15)16/h2-5,8-9,14,17H,6-7H2,1H3. The molecule has 0 fully saturated rings. The Morgan fingerprint density at radius 3 is 2.74 bits per heavy atom. The van der Waals surface area contributed by atoms with Gasteiger partial charge in [0.1, 0.15) is 5.75 Å². The van der Waals surface area contributed by atoms with Gasteiger partial charge in [0, 0.05) is 17.7 Å². The van der Waals surface area contributed by atoms with Gasteiger partial charge in [-0.3, -0.25) is 0 Å². The highest BCUT2D eigenvalue weighted by Crippen LogP contribution is 2.34. The molecule has 1 N–H and O–H groups in total. The maximum absolute atomic E-state index is 12.1. The van der Waals surface area contributed by atoms with Crippen molar-refractivity contribution in [2.45, 2.75) is 13.0 Å². The highest BCUT2D eigenvalue weighted by molar-refractivity contribution is 7.08. The predicted octanol–water partition coefficient (Wildman–Crippen LogP) is 3.78. The summed E-state index contributed by atoms with van der Waals surface area (Å²) in [5.41, 5.74) is 3.03. The van der Waals surface area contributed by atoms with Crippen molar-refractivity contribution in [1.82, 2.24) is 5.32 Å². The van der Waals surface area contributed by atoms with Crippen LogP contribution >= 0.6 is 11.3 Å². The van der Waals surface area contributed by atoms with Crippen molar-refractivity contribution >= 4 is 11.3 Å². The van der Waals surface area contributed by atoms with E-state index in [4.69, 9.17) is 4.74 Å². The van der Waals surface area contributed by atoms with Crippen molar-refractivity contribution in [3.63, 3.8) is 0 Å². The zero-order valence-corrected chi connectivity index (χ0v) is 11.3. The van der Waals surface area contributed by atoms with Crippen LogP contribution in [0.15, 0.2) is 35.0 Å². The average Bonchev–Trinajstić information content (AvgIpc) is 2.86. The van der Waals surface area contributed by atoms with Gasteiger partial charge in [-0.1, -0.05) is 18.2 Å². The topological polar surface area (TPSA) is 21.3 Å². The number of thiophene rings is 1. The van der Waals surface area contributed by atoms with Gasteiger partial charge in [0.05, 0.1) is 13.7 Å². The summed E-state index contributed by atoms with van der Waals surface area (Å²) in [6.45, 7) is 0.141. The van der Waals surface area contributed by atoms with Crippen LogP contribution in [0.1, 0.15) is 5.56 Å². The van der Waals surface area contributed by atoms with E-state index >= 15 is 0 Å². The molecule has 2 aromatic rings. The Morgan fingerprint density at radius 1 is 1.21 bits per heavy atom. The maximum atomic E-state index is 12.1. The molecule has 1 aromatic carbocycles. The summed E-state index contributed by atoms with van der Waals surface area (Å²) in [4.78, 5) is 0. The van der Waals surface area contributed by atoms with Crippen molar-refractivity contribution in [3.05, 3.63) is 40.6 Å². The molecule has 2 nitrogen and oxygen atoms in total. The van der Waals surface area contributed by atoms with Crippen LogP contribution in [0.4, 0.5) is 8.78 Å². The first-order valence-electron chi connectivity index (χ1n) is 5.89. The third-order valence-corrected chi connectivity index (χ3v) is 3.55. The second kappa shape index (κ2) is 6.63. The van der Waals surface area contributed by atoms with E-state index in [9.17, 15) is 8.78 Å². The van der Waals surface area contributed by atoms with Crippen LogP contribution in [0.3, 0.4) is 0 Å². The average molecular weight is 283 g/mol. The van der Waals surface area contributed by atoms with E-state index in [0.717, 1.165) is 22.4 Å². The van der Waals surface area contributed by atoms with Gasteiger partial charge in [0.25, 0.3) is 6.43 Å². The van der Waals surface area contributed by atoms with E-state index in [2.05, 4.69) is 5.32 Å². The van der Waals surface area contributed by atoms with Crippen molar-refractivity contribution in [1.29, 1.82) is 0 Å². The monoisotopic (exact) mass is 283 g/mol. The minimum Gasteiger partial charge on any atom is -0.496 e. The van der Waals surface area contributed by atoms with Crippen molar-refractivity contribution < 1.29 is 13.5 Å². The summed E-state index contributed by atoms with van der Waals surface area (Å²) < 4.78 is 29.6. The zero-order chi connectivity index (χ0) is 13.7. The largest absolute Gasteiger partial charge is 0.496 e. The number of halogens is 2. The van der Waals surface area contributed by atoms with Gasteiger partial charge in [-0.15, -0.1) is 0 Å². The lowest BCUT2D eigenvalue weighted by Gasteiger charge is -2.10. The van der Waals surface area contributed by atoms with Gasteiger partial charge in [-0.2, -0.15) is 11.3 Å². The van der Waals surface area contributed by atoms with E-state index in [1.807, 2.05) is 35.0 Å². The van der Waals surface area contributed by atoms with E-state index in [-0.39, 0.29) is 6.54 Å². The number of methoxy groups -OCH3 is 1. The second-order valence-electron chi connectivity index (χ2n) is 4.03. The fourth-order valence-corrected chi connectivity index (χ4v) is 2.74. The molecule has 19 heavy (non-hydrogen) atoms. The first kappa shape index (κ1) is 14.0. The van der Waals surface area contributed by atoms with Crippen LogP contribution < -0.4 is 10.1 Å². The SMILES string of the molecule is COc1ccccc1-c1cscc1CNCC(F)F. The number of hydrogen-bond donors (Lipinski definition) is 1. The molecule has 0 radical (unpaired) electrons. The van der Waals surface area contributed by atoms with E-state index in [0.29, 0.717) is 6.54 Å². The summed E-state index contributed by atoms with van der Waals surface area (Å²) in [6.07, 6.45) is -2.33. The smallest absolute Gasteiger partial charge is 0.250 e. The number of rotatable bonds is 6. The highest BCUT2D eigenvalue weighted by Gasteiger charge is 2.11. The predicted molar refractivity (Wildman–Crippen MR) is 74.0 cm³/mol. The molecule has 2 rings (SSSR count). The fourth-order valence-electron chi connectivity index (χ4n) is 1.88. The van der Waals surface area contributed by atoms with Crippen molar-refractivity contribution in [2.24, 2.45) is 0 Å². The normalized spacial score (nSPS) is 10.9. The molecule has 0 aliphatic carbocycles. The lowest BCUT2D eigenvalue weighted by Crippen LogP contribution is -2.20. The molecule has 102 valence electrons. The summed E-state index contributed by atoms with van der Waals surface area (Å²) in [5.74, 6) is 0.788. The third kappa shape index (κ3) is 3.52. The number of ether oxygens (including phenoxy) is 1. The Hall–Kier alpha value is -1.46. The number of hydrogen-bond acceptors (Lipinski definition) is 3. The number of alkyl halides is 2. The van der Waals surface area contributed by atoms with Gasteiger partial charge in [-0.05, 0) is 22.4 Å². The summed E-state index contributed by atoms with van der Waals surface area (Å²) in [6, 6.07) is 7.70. The highest BCUT2D eigenvalue weighted by atomic mass is 32.1. The molecule has 0 saturated carbocycles. The first-order chi connectivity index (χ1) is 9.22. The number of para-hydroxylation sites is 1. The number of benzene rings is 1. The van der Waals surface area contributed by atoms with Gasteiger partial charge in [0.2, 0.25) is 0 Å². The Morgan fingerprint density at radius 2 is 2.00 bits per heavy atom. The van der Waals surface area contributed by atoms with Crippen molar-refractivity contribution in [3.8, 4) is 16.9 Å². The Bertz CT molecular complexity index is 528. The van der Waals surface area contributed by atoms with E-state index in [1.54, 1.807) is 18.4 Å². The van der Waals surface area contributed by atoms with Crippen LogP contribution in [0.25, 0.3) is 11.1 Å². The van der Waals surface area contributed by atoms with E-state index in [1.165, 1.54) is 0 Å². The quantitative estimate of drug-likeness (QED) is 0.871. The van der Waals surface area contributed by atoms with Gasteiger partial charge in [0.15, 0.2) is 0 Å². The van der Waals surface area contributed by atoms with Crippen LogP contribution in [0.5, 0.6) is 5.75 Å². The van der Waals surface area contributed by atoms with Gasteiger partial charge < -0.3 is 10.1 Å². The van der Waals surface area contributed by atoms with Crippen molar-refractivity contribution in [2.75, 3.05) is 13.7 Å². The number of nitrogens with one attached hydrogen (secondary N) is 1. The zero-order valence-electron chi connectivity index (χ0n) is 10.5. The van der Waals surface area contributed by atoms with Crippen LogP contribution in [-0.4, -0.2) is 20.1 Å². The molecule has 0 atom stereocenters. The minimum atomic E-state index is -2.33. The molecule has 0 saturated heterocycles. The molecule has 5 heteroatoms. The summed E-state index contributed by atoms with van der Waals surface area (Å²) >= 11 is 1.56. The molecule has 0 spiro atoms. The fraction of sp³-hybridized carbons (Fsp3) is 0.286. The molecular weight excluding hydrogens is 268 g/mol. The molecule has 1 aromatic heterocycles. The molecule has 0 amide bonds. The first-order valence-corrected chi connectivity index (χ1v) is 6.84. The Labute approximate surface area is 115 Å². The van der Waals surface area contributed by atoms with E-state index < -0.39 is 6.43 Å². The molecular formula is C14H15F2NOS. The summed E-state index contributed by atoms with van der Waals surface area (Å²) in [7, 11) is 1.62. The minimum absolute atomic E-state index is 0.290. The molecule has 0 bridgehead atoms. The molecule has 1 heterocycles. The van der Waals surface area contributed by atoms with Gasteiger partial charge >= 0.3 is 0 Å². The Balaban J connectivity index is 2.19. The van der Waals surface area contributed by atoms with Crippen LogP contribution in [0.2, 0.25) is 0 Å². The Kier molecular flexibility index (Phi) is 4.87. The lowest BCUT2D eigenvalue weighted by atomic mass is 10.0. The molecule has 0 aliphatic rings. The lowest BCUT2D eigenvalue weighted by molar-refractivity contribution is 0.145. The van der Waals surface area contributed by atoms with Gasteiger partial charge in [-0.25, -0.2) is 8.78 Å². The molecule has 0 unspecified atom stereocenters. The second-order valence-corrected chi connectivity index (χ2v) is 4.78. The summed E-state index contributed by atoms with van der Waals surface area (Å²) in [5, 5.41) is 6.73.